The molecular formula is C29H56. The van der Waals surface area contributed by atoms with Gasteiger partial charge >= 0.3 is 0 Å². The monoisotopic (exact) mass is 404 g/mol. The molecule has 0 amide bonds. The van der Waals surface area contributed by atoms with Gasteiger partial charge in [0.2, 0.25) is 0 Å². The second kappa shape index (κ2) is 23.8. The summed E-state index contributed by atoms with van der Waals surface area (Å²) in [4.78, 5) is 0. The van der Waals surface area contributed by atoms with Crippen molar-refractivity contribution in [1.29, 1.82) is 0 Å². The first-order valence-corrected chi connectivity index (χ1v) is 13.7. The van der Waals surface area contributed by atoms with Crippen LogP contribution in [0.15, 0.2) is 0 Å². The number of unbranched alkanes of at least 4 members (excludes halogenated alkanes) is 13. The molecule has 0 aliphatic heterocycles. The van der Waals surface area contributed by atoms with E-state index in [1.165, 1.54) is 122 Å². The Labute approximate surface area is 186 Å². The molecule has 0 nitrogen and oxygen atoms in total. The molecule has 2 atom stereocenters. The first-order chi connectivity index (χ1) is 14.2. The summed E-state index contributed by atoms with van der Waals surface area (Å²) in [6.07, 6.45) is 29.0. The fourth-order valence-corrected chi connectivity index (χ4v) is 4.21. The Morgan fingerprint density at radius 1 is 0.414 bits per heavy atom. The molecule has 0 aliphatic carbocycles. The van der Waals surface area contributed by atoms with Crippen LogP contribution in [0.25, 0.3) is 0 Å². The molecular weight excluding hydrogens is 348 g/mol. The SMILES string of the molecule is CCCCCCCC(C)CCC#CCCCCCCCC(C)CCCCCCC. The molecule has 0 N–H and O–H groups in total. The van der Waals surface area contributed by atoms with Gasteiger partial charge in [-0.25, -0.2) is 0 Å². The number of rotatable bonds is 21. The van der Waals surface area contributed by atoms with Crippen molar-refractivity contribution in [3.8, 4) is 11.8 Å². The Morgan fingerprint density at radius 3 is 1.31 bits per heavy atom. The van der Waals surface area contributed by atoms with E-state index in [0.717, 1.165) is 24.7 Å². The number of hydrogen-bond donors (Lipinski definition) is 0. The fourth-order valence-electron chi connectivity index (χ4n) is 4.21. The lowest BCUT2D eigenvalue weighted by atomic mass is 9.96. The van der Waals surface area contributed by atoms with Crippen molar-refractivity contribution in [3.63, 3.8) is 0 Å². The van der Waals surface area contributed by atoms with Crippen molar-refractivity contribution in [1.82, 2.24) is 0 Å². The van der Waals surface area contributed by atoms with Crippen LogP contribution in [0, 0.1) is 23.7 Å². The molecule has 0 heterocycles. The van der Waals surface area contributed by atoms with Crippen LogP contribution in [-0.4, -0.2) is 0 Å². The van der Waals surface area contributed by atoms with Gasteiger partial charge in [0.15, 0.2) is 0 Å². The van der Waals surface area contributed by atoms with E-state index in [4.69, 9.17) is 0 Å². The second-order valence-electron chi connectivity index (χ2n) is 9.81. The fraction of sp³-hybridized carbons (Fsp3) is 0.931. The Kier molecular flexibility index (Phi) is 23.5. The van der Waals surface area contributed by atoms with Crippen molar-refractivity contribution in [2.24, 2.45) is 11.8 Å². The maximum Gasteiger partial charge on any atom is 0.00912 e. The molecule has 0 saturated carbocycles. The maximum absolute atomic E-state index is 3.43. The minimum absolute atomic E-state index is 0.865. The molecule has 0 spiro atoms. The largest absolute Gasteiger partial charge is 0.103 e. The predicted molar refractivity (Wildman–Crippen MR) is 134 cm³/mol. The third-order valence-corrected chi connectivity index (χ3v) is 6.49. The molecule has 172 valence electrons. The molecule has 0 aromatic heterocycles. The molecule has 0 radical (unpaired) electrons. The zero-order valence-corrected chi connectivity index (χ0v) is 21.0. The van der Waals surface area contributed by atoms with Crippen molar-refractivity contribution >= 4 is 0 Å². The van der Waals surface area contributed by atoms with Crippen molar-refractivity contribution in [2.75, 3.05) is 0 Å². The van der Waals surface area contributed by atoms with Crippen LogP contribution in [0.2, 0.25) is 0 Å². The highest BCUT2D eigenvalue weighted by Gasteiger charge is 2.02. The lowest BCUT2D eigenvalue weighted by molar-refractivity contribution is 0.433. The van der Waals surface area contributed by atoms with Crippen LogP contribution in [-0.2, 0) is 0 Å². The minimum Gasteiger partial charge on any atom is -0.103 e. The summed E-state index contributed by atoms with van der Waals surface area (Å²) < 4.78 is 0. The topological polar surface area (TPSA) is 0 Å². The first kappa shape index (κ1) is 28.6. The van der Waals surface area contributed by atoms with Crippen LogP contribution in [0.4, 0.5) is 0 Å². The normalized spacial score (nSPS) is 13.1. The average molecular weight is 405 g/mol. The highest BCUT2D eigenvalue weighted by Crippen LogP contribution is 2.18. The van der Waals surface area contributed by atoms with Gasteiger partial charge in [-0.2, -0.15) is 0 Å². The van der Waals surface area contributed by atoms with E-state index in [1.54, 1.807) is 0 Å². The van der Waals surface area contributed by atoms with Crippen LogP contribution >= 0.6 is 0 Å². The Morgan fingerprint density at radius 2 is 0.793 bits per heavy atom. The molecule has 0 aromatic rings. The van der Waals surface area contributed by atoms with Crippen LogP contribution in [0.1, 0.15) is 163 Å². The quantitative estimate of drug-likeness (QED) is 0.132. The van der Waals surface area contributed by atoms with Crippen molar-refractivity contribution in [3.05, 3.63) is 0 Å². The van der Waals surface area contributed by atoms with Gasteiger partial charge in [-0.3, -0.25) is 0 Å². The summed E-state index contributed by atoms with van der Waals surface area (Å²) in [5.41, 5.74) is 0. The van der Waals surface area contributed by atoms with E-state index in [1.807, 2.05) is 0 Å². The summed E-state index contributed by atoms with van der Waals surface area (Å²) in [5, 5.41) is 0. The second-order valence-corrected chi connectivity index (χ2v) is 9.81. The average Bonchev–Trinajstić information content (AvgIpc) is 2.71. The summed E-state index contributed by atoms with van der Waals surface area (Å²) in [5.74, 6) is 8.66. The highest BCUT2D eigenvalue weighted by molar-refractivity contribution is 4.98. The third kappa shape index (κ3) is 23.7. The molecule has 2 unspecified atom stereocenters. The summed E-state index contributed by atoms with van der Waals surface area (Å²) >= 11 is 0. The Balaban J connectivity index is 3.32. The molecule has 0 bridgehead atoms. The van der Waals surface area contributed by atoms with Gasteiger partial charge in [0.05, 0.1) is 0 Å². The smallest absolute Gasteiger partial charge is 0.00912 e. The van der Waals surface area contributed by atoms with E-state index in [-0.39, 0.29) is 0 Å². The summed E-state index contributed by atoms with van der Waals surface area (Å²) in [7, 11) is 0. The summed E-state index contributed by atoms with van der Waals surface area (Å²) in [6.45, 7) is 9.46. The van der Waals surface area contributed by atoms with E-state index in [0.29, 0.717) is 0 Å². The van der Waals surface area contributed by atoms with Gasteiger partial charge in [0, 0.05) is 12.8 Å². The van der Waals surface area contributed by atoms with Gasteiger partial charge in [0.1, 0.15) is 0 Å². The molecule has 0 aliphatic rings. The summed E-state index contributed by atoms with van der Waals surface area (Å²) in [6, 6.07) is 0. The van der Waals surface area contributed by atoms with Gasteiger partial charge in [-0.05, 0) is 24.7 Å². The van der Waals surface area contributed by atoms with E-state index >= 15 is 0 Å². The minimum atomic E-state index is 0.865. The maximum atomic E-state index is 3.43. The Bertz CT molecular complexity index is 358. The molecule has 0 heteroatoms. The van der Waals surface area contributed by atoms with Crippen LogP contribution in [0.5, 0.6) is 0 Å². The van der Waals surface area contributed by atoms with Crippen molar-refractivity contribution < 1.29 is 0 Å². The van der Waals surface area contributed by atoms with E-state index < -0.39 is 0 Å². The van der Waals surface area contributed by atoms with E-state index in [2.05, 4.69) is 39.5 Å². The highest BCUT2D eigenvalue weighted by atomic mass is 14.1. The molecule has 0 fully saturated rings. The molecule has 0 rings (SSSR count). The van der Waals surface area contributed by atoms with Gasteiger partial charge in [-0.1, -0.05) is 137 Å². The Hall–Kier alpha value is -0.440. The van der Waals surface area contributed by atoms with Gasteiger partial charge in [0.25, 0.3) is 0 Å². The molecule has 0 saturated heterocycles. The lowest BCUT2D eigenvalue weighted by Crippen LogP contribution is -1.95. The standard InChI is InChI=1S/C29H56/c1-5-7-9-16-20-24-28(3)26-22-18-14-12-11-13-15-19-23-27-29(4)25-21-17-10-8-6-2/h28-29H,5-14,16-18,20-27H2,1-4H3. The molecule has 0 aromatic carbocycles. The van der Waals surface area contributed by atoms with Crippen LogP contribution < -0.4 is 0 Å². The van der Waals surface area contributed by atoms with Crippen molar-refractivity contribution in [2.45, 2.75) is 163 Å². The van der Waals surface area contributed by atoms with Gasteiger partial charge < -0.3 is 0 Å². The third-order valence-electron chi connectivity index (χ3n) is 6.49. The van der Waals surface area contributed by atoms with E-state index in [9.17, 15) is 0 Å². The zero-order chi connectivity index (χ0) is 21.4. The predicted octanol–water partition coefficient (Wildman–Crippen LogP) is 10.5. The first-order valence-electron chi connectivity index (χ1n) is 13.7. The zero-order valence-electron chi connectivity index (χ0n) is 21.0. The van der Waals surface area contributed by atoms with Crippen LogP contribution in [0.3, 0.4) is 0 Å². The number of hydrogen-bond acceptors (Lipinski definition) is 0. The van der Waals surface area contributed by atoms with Gasteiger partial charge in [-0.15, -0.1) is 11.8 Å². The molecule has 29 heavy (non-hydrogen) atoms. The lowest BCUT2D eigenvalue weighted by Gasteiger charge is -2.10.